The molecule has 0 aliphatic rings. The van der Waals surface area contributed by atoms with Crippen LogP contribution in [-0.4, -0.2) is 48.9 Å². The SMILES string of the molecule is CCNC(CCN)[Si](OC)(OC)OC. The van der Waals surface area contributed by atoms with Crippen molar-refractivity contribution >= 4 is 8.80 Å². The van der Waals surface area contributed by atoms with E-state index in [9.17, 15) is 0 Å². The van der Waals surface area contributed by atoms with Gasteiger partial charge in [0, 0.05) is 21.3 Å². The predicted molar refractivity (Wildman–Crippen MR) is 57.9 cm³/mol. The fourth-order valence-electron chi connectivity index (χ4n) is 1.49. The van der Waals surface area contributed by atoms with E-state index in [1.807, 2.05) is 6.92 Å². The molecule has 0 heterocycles. The maximum Gasteiger partial charge on any atom is 0.518 e. The Bertz CT molecular complexity index is 130. The van der Waals surface area contributed by atoms with Crippen molar-refractivity contribution in [3.63, 3.8) is 0 Å². The third-order valence-corrected chi connectivity index (χ3v) is 5.24. The monoisotopic (exact) mass is 222 g/mol. The highest BCUT2D eigenvalue weighted by Gasteiger charge is 2.46. The van der Waals surface area contributed by atoms with Crippen molar-refractivity contribution in [2.75, 3.05) is 34.4 Å². The van der Waals surface area contributed by atoms with Gasteiger partial charge >= 0.3 is 8.80 Å². The molecule has 1 atom stereocenters. The summed E-state index contributed by atoms with van der Waals surface area (Å²) in [4.78, 5) is 0. The summed E-state index contributed by atoms with van der Waals surface area (Å²) in [7, 11) is 2.25. The number of rotatable bonds is 8. The Hall–Kier alpha value is 0.0169. The topological polar surface area (TPSA) is 65.7 Å². The van der Waals surface area contributed by atoms with Crippen LogP contribution in [0.4, 0.5) is 0 Å². The van der Waals surface area contributed by atoms with Crippen LogP contribution in [0.2, 0.25) is 0 Å². The van der Waals surface area contributed by atoms with Crippen molar-refractivity contribution < 1.29 is 13.3 Å². The minimum atomic E-state index is -2.58. The first kappa shape index (κ1) is 14.0. The zero-order valence-electron chi connectivity index (χ0n) is 9.50. The zero-order valence-corrected chi connectivity index (χ0v) is 10.5. The van der Waals surface area contributed by atoms with Crippen molar-refractivity contribution in [2.24, 2.45) is 5.73 Å². The fourth-order valence-corrected chi connectivity index (χ4v) is 3.82. The molecule has 5 nitrogen and oxygen atoms in total. The summed E-state index contributed by atoms with van der Waals surface area (Å²) in [6.45, 7) is 3.46. The lowest BCUT2D eigenvalue weighted by Crippen LogP contribution is -2.60. The third kappa shape index (κ3) is 3.30. The molecule has 6 heteroatoms. The highest BCUT2D eigenvalue weighted by molar-refractivity contribution is 6.62. The van der Waals surface area contributed by atoms with Crippen molar-refractivity contribution in [1.29, 1.82) is 0 Å². The van der Waals surface area contributed by atoms with E-state index in [-0.39, 0.29) is 5.67 Å². The second-order valence-electron chi connectivity index (χ2n) is 2.90. The van der Waals surface area contributed by atoms with Gasteiger partial charge in [-0.2, -0.15) is 0 Å². The molecule has 0 spiro atoms. The van der Waals surface area contributed by atoms with Crippen LogP contribution in [0.25, 0.3) is 0 Å². The molecule has 1 unspecified atom stereocenters. The van der Waals surface area contributed by atoms with Crippen LogP contribution >= 0.6 is 0 Å². The first-order chi connectivity index (χ1) is 6.70. The van der Waals surface area contributed by atoms with Crippen LogP contribution in [0.1, 0.15) is 13.3 Å². The van der Waals surface area contributed by atoms with E-state index >= 15 is 0 Å². The van der Waals surface area contributed by atoms with Crippen molar-refractivity contribution in [3.8, 4) is 0 Å². The summed E-state index contributed by atoms with van der Waals surface area (Å²) in [5.74, 6) is 0. The van der Waals surface area contributed by atoms with E-state index in [4.69, 9.17) is 19.0 Å². The molecule has 0 radical (unpaired) electrons. The first-order valence-electron chi connectivity index (χ1n) is 4.79. The lowest BCUT2D eigenvalue weighted by atomic mass is 10.4. The normalized spacial score (nSPS) is 14.4. The first-order valence-corrected chi connectivity index (χ1v) is 6.59. The van der Waals surface area contributed by atoms with Crippen LogP contribution in [-0.2, 0) is 13.3 Å². The van der Waals surface area contributed by atoms with Crippen molar-refractivity contribution in [2.45, 2.75) is 19.0 Å². The molecule has 0 bridgehead atoms. The molecule has 14 heavy (non-hydrogen) atoms. The van der Waals surface area contributed by atoms with Gasteiger partial charge in [0.2, 0.25) is 0 Å². The van der Waals surface area contributed by atoms with E-state index in [1.54, 1.807) is 21.3 Å². The number of hydrogen-bond donors (Lipinski definition) is 2. The van der Waals surface area contributed by atoms with Crippen molar-refractivity contribution in [1.82, 2.24) is 5.32 Å². The minimum absolute atomic E-state index is 0.0671. The second-order valence-corrected chi connectivity index (χ2v) is 6.03. The molecule has 0 fully saturated rings. The van der Waals surface area contributed by atoms with Gasteiger partial charge in [0.05, 0.1) is 5.67 Å². The maximum atomic E-state index is 5.54. The summed E-state index contributed by atoms with van der Waals surface area (Å²) < 4.78 is 16.1. The molecule has 0 aliphatic heterocycles. The van der Waals surface area contributed by atoms with Gasteiger partial charge in [-0.3, -0.25) is 0 Å². The summed E-state index contributed by atoms with van der Waals surface area (Å²) in [6.07, 6.45) is 0.787. The zero-order chi connectivity index (χ0) is 11.0. The van der Waals surface area contributed by atoms with Gasteiger partial charge in [-0.05, 0) is 19.5 Å². The van der Waals surface area contributed by atoms with Gasteiger partial charge < -0.3 is 24.3 Å². The maximum absolute atomic E-state index is 5.54. The summed E-state index contributed by atoms with van der Waals surface area (Å²) in [5.41, 5.74) is 5.60. The van der Waals surface area contributed by atoms with E-state index < -0.39 is 8.80 Å². The minimum Gasteiger partial charge on any atom is -0.376 e. The number of nitrogens with one attached hydrogen (secondary N) is 1. The molecule has 0 saturated heterocycles. The molecule has 0 saturated carbocycles. The Morgan fingerprint density at radius 3 is 2.00 bits per heavy atom. The smallest absolute Gasteiger partial charge is 0.376 e. The molecule has 0 aliphatic carbocycles. The summed E-state index contributed by atoms with van der Waals surface area (Å²) in [5, 5.41) is 3.28. The van der Waals surface area contributed by atoms with E-state index in [1.165, 1.54) is 0 Å². The lowest BCUT2D eigenvalue weighted by Gasteiger charge is -2.32. The second kappa shape index (κ2) is 7.33. The number of nitrogens with two attached hydrogens (primary N) is 1. The van der Waals surface area contributed by atoms with Gasteiger partial charge in [0.25, 0.3) is 0 Å². The van der Waals surface area contributed by atoms with Crippen molar-refractivity contribution in [3.05, 3.63) is 0 Å². The molecule has 0 aromatic carbocycles. The molecule has 3 N–H and O–H groups in total. The Kier molecular flexibility index (Phi) is 7.34. The lowest BCUT2D eigenvalue weighted by molar-refractivity contribution is 0.106. The van der Waals surface area contributed by atoms with Crippen LogP contribution in [0.15, 0.2) is 0 Å². The molecule has 0 amide bonds. The van der Waals surface area contributed by atoms with E-state index in [0.29, 0.717) is 6.54 Å². The van der Waals surface area contributed by atoms with Gasteiger partial charge in [0.15, 0.2) is 0 Å². The predicted octanol–water partition coefficient (Wildman–Crippen LogP) is -0.269. The van der Waals surface area contributed by atoms with Gasteiger partial charge in [0.1, 0.15) is 0 Å². The highest BCUT2D eigenvalue weighted by atomic mass is 28.4. The van der Waals surface area contributed by atoms with Crippen LogP contribution in [0, 0.1) is 0 Å². The molecular weight excluding hydrogens is 200 g/mol. The summed E-state index contributed by atoms with van der Waals surface area (Å²) >= 11 is 0. The Balaban J connectivity index is 4.52. The Morgan fingerprint density at radius 1 is 1.21 bits per heavy atom. The average Bonchev–Trinajstić information content (AvgIpc) is 2.22. The summed E-state index contributed by atoms with van der Waals surface area (Å²) in [6, 6.07) is 0. The largest absolute Gasteiger partial charge is 0.518 e. The average molecular weight is 222 g/mol. The molecule has 0 aromatic rings. The molecule has 86 valence electrons. The van der Waals surface area contributed by atoms with Crippen LogP contribution < -0.4 is 11.1 Å². The molecule has 0 aromatic heterocycles. The van der Waals surface area contributed by atoms with E-state index in [2.05, 4.69) is 5.32 Å². The fraction of sp³-hybridized carbons (Fsp3) is 1.00. The Morgan fingerprint density at radius 2 is 1.71 bits per heavy atom. The standard InChI is InChI=1S/C8H22N2O3Si/c1-5-10-8(6-7-9)14(11-2,12-3)13-4/h8,10H,5-7,9H2,1-4H3. The third-order valence-electron chi connectivity index (χ3n) is 2.19. The van der Waals surface area contributed by atoms with Crippen LogP contribution in [0.3, 0.4) is 0 Å². The Labute approximate surface area is 87.3 Å². The quantitative estimate of drug-likeness (QED) is 0.554. The number of hydrogen-bond acceptors (Lipinski definition) is 5. The van der Waals surface area contributed by atoms with Gasteiger partial charge in [-0.15, -0.1) is 0 Å². The van der Waals surface area contributed by atoms with Gasteiger partial charge in [-0.1, -0.05) is 6.92 Å². The molecule has 0 rings (SSSR count). The van der Waals surface area contributed by atoms with E-state index in [0.717, 1.165) is 13.0 Å². The molecular formula is C8H22N2O3Si. The van der Waals surface area contributed by atoms with Crippen LogP contribution in [0.5, 0.6) is 0 Å². The highest BCUT2D eigenvalue weighted by Crippen LogP contribution is 2.14. The van der Waals surface area contributed by atoms with Gasteiger partial charge in [-0.25, -0.2) is 0 Å².